The highest BCUT2D eigenvalue weighted by atomic mass is 35.5. The Labute approximate surface area is 126 Å². The number of amides is 1. The first kappa shape index (κ1) is 19.3. The highest BCUT2D eigenvalue weighted by Crippen LogP contribution is 2.31. The van der Waals surface area contributed by atoms with Crippen molar-refractivity contribution in [3.05, 3.63) is 18.2 Å². The number of carbonyl (C=O) groups is 1. The second-order valence-electron chi connectivity index (χ2n) is 4.05. The van der Waals surface area contributed by atoms with Crippen molar-refractivity contribution >= 4 is 24.0 Å². The third-order valence-electron chi connectivity index (χ3n) is 2.24. The number of nitrogens with two attached hydrogens (primary N) is 1. The van der Waals surface area contributed by atoms with Gasteiger partial charge in [-0.1, -0.05) is 0 Å². The van der Waals surface area contributed by atoms with Gasteiger partial charge in [0, 0.05) is 11.8 Å². The molecular weight excluding hydrogens is 313 g/mol. The number of nitrogens with one attached hydrogen (secondary N) is 1. The van der Waals surface area contributed by atoms with Gasteiger partial charge in [-0.05, 0) is 19.1 Å². The standard InChI is InChI=1S/C12H15F3N2O3.ClH/c1-7(16)11(18)17-8-3-4-9(19-2)10(5-8)20-6-12(13,14)15;/h3-5,7H,6,16H2,1-2H3,(H,17,18);1H/t7-;/m0./s1. The summed E-state index contributed by atoms with van der Waals surface area (Å²) in [7, 11) is 1.30. The van der Waals surface area contributed by atoms with E-state index < -0.39 is 24.7 Å². The van der Waals surface area contributed by atoms with E-state index >= 15 is 0 Å². The van der Waals surface area contributed by atoms with Crippen LogP contribution in [0.15, 0.2) is 18.2 Å². The monoisotopic (exact) mass is 328 g/mol. The number of alkyl halides is 3. The molecule has 0 aromatic heterocycles. The fourth-order valence-corrected chi connectivity index (χ4v) is 1.28. The fourth-order valence-electron chi connectivity index (χ4n) is 1.28. The van der Waals surface area contributed by atoms with Gasteiger partial charge in [0.1, 0.15) is 0 Å². The van der Waals surface area contributed by atoms with Crippen molar-refractivity contribution < 1.29 is 27.4 Å². The highest BCUT2D eigenvalue weighted by Gasteiger charge is 2.29. The average Bonchev–Trinajstić information content (AvgIpc) is 2.35. The summed E-state index contributed by atoms with van der Waals surface area (Å²) in [6, 6.07) is 3.36. The minimum atomic E-state index is -4.46. The van der Waals surface area contributed by atoms with E-state index in [4.69, 9.17) is 10.5 Å². The van der Waals surface area contributed by atoms with E-state index in [9.17, 15) is 18.0 Å². The van der Waals surface area contributed by atoms with Crippen LogP contribution >= 0.6 is 12.4 Å². The molecule has 5 nitrogen and oxygen atoms in total. The molecule has 3 N–H and O–H groups in total. The van der Waals surface area contributed by atoms with Gasteiger partial charge in [0.05, 0.1) is 13.2 Å². The maximum Gasteiger partial charge on any atom is 0.422 e. The van der Waals surface area contributed by atoms with Crippen LogP contribution in [0, 0.1) is 0 Å². The lowest BCUT2D eigenvalue weighted by Gasteiger charge is -2.14. The molecule has 0 aliphatic carbocycles. The summed E-state index contributed by atoms with van der Waals surface area (Å²) in [6.45, 7) is 0.0357. The predicted molar refractivity (Wildman–Crippen MR) is 74.1 cm³/mol. The maximum atomic E-state index is 12.1. The molecule has 0 radical (unpaired) electrons. The second kappa shape index (κ2) is 7.94. The van der Waals surface area contributed by atoms with E-state index in [0.717, 1.165) is 0 Å². The molecular formula is C12H16ClF3N2O3. The minimum Gasteiger partial charge on any atom is -0.493 e. The molecule has 0 aliphatic heterocycles. The summed E-state index contributed by atoms with van der Waals surface area (Å²) >= 11 is 0. The third-order valence-corrected chi connectivity index (χ3v) is 2.24. The van der Waals surface area contributed by atoms with Crippen molar-refractivity contribution in [2.45, 2.75) is 19.1 Å². The van der Waals surface area contributed by atoms with Gasteiger partial charge < -0.3 is 20.5 Å². The first-order chi connectivity index (χ1) is 9.23. The van der Waals surface area contributed by atoms with Gasteiger partial charge in [0.25, 0.3) is 0 Å². The zero-order valence-electron chi connectivity index (χ0n) is 11.4. The molecule has 0 unspecified atom stereocenters. The normalized spacial score (nSPS) is 12.1. The van der Waals surface area contributed by atoms with Crippen LogP contribution in [0.1, 0.15) is 6.92 Å². The lowest BCUT2D eigenvalue weighted by atomic mass is 10.2. The molecule has 0 spiro atoms. The Morgan fingerprint density at radius 2 is 2.00 bits per heavy atom. The Balaban J connectivity index is 0.00000400. The molecule has 0 fully saturated rings. The number of rotatable bonds is 5. The van der Waals surface area contributed by atoms with Crippen molar-refractivity contribution in [2.24, 2.45) is 5.73 Å². The maximum absolute atomic E-state index is 12.1. The van der Waals surface area contributed by atoms with Crippen LogP contribution in [0.25, 0.3) is 0 Å². The summed E-state index contributed by atoms with van der Waals surface area (Å²) in [6.07, 6.45) is -4.46. The zero-order valence-corrected chi connectivity index (χ0v) is 12.2. The quantitative estimate of drug-likeness (QED) is 0.870. The average molecular weight is 329 g/mol. The smallest absolute Gasteiger partial charge is 0.422 e. The van der Waals surface area contributed by atoms with E-state index in [1.165, 1.54) is 32.2 Å². The lowest BCUT2D eigenvalue weighted by molar-refractivity contribution is -0.153. The van der Waals surface area contributed by atoms with Crippen LogP contribution < -0.4 is 20.5 Å². The van der Waals surface area contributed by atoms with Crippen molar-refractivity contribution in [1.29, 1.82) is 0 Å². The number of halogens is 4. The zero-order chi connectivity index (χ0) is 15.3. The molecule has 0 saturated carbocycles. The van der Waals surface area contributed by atoms with Gasteiger partial charge in [-0.2, -0.15) is 13.2 Å². The van der Waals surface area contributed by atoms with Crippen LogP contribution in [0.4, 0.5) is 18.9 Å². The summed E-state index contributed by atoms with van der Waals surface area (Å²) in [5.41, 5.74) is 5.65. The first-order valence-electron chi connectivity index (χ1n) is 5.67. The number of hydrogen-bond donors (Lipinski definition) is 2. The number of anilines is 1. The highest BCUT2D eigenvalue weighted by molar-refractivity contribution is 5.94. The topological polar surface area (TPSA) is 73.6 Å². The fraction of sp³-hybridized carbons (Fsp3) is 0.417. The molecule has 1 aromatic carbocycles. The first-order valence-corrected chi connectivity index (χ1v) is 5.67. The molecule has 120 valence electrons. The van der Waals surface area contributed by atoms with E-state index in [-0.39, 0.29) is 29.6 Å². The lowest BCUT2D eigenvalue weighted by Crippen LogP contribution is -2.32. The molecule has 0 aliphatic rings. The second-order valence-corrected chi connectivity index (χ2v) is 4.05. The molecule has 1 amide bonds. The number of hydrogen-bond acceptors (Lipinski definition) is 4. The Bertz CT molecular complexity index is 481. The summed E-state index contributed by atoms with van der Waals surface area (Å²) in [4.78, 5) is 11.4. The van der Waals surface area contributed by atoms with E-state index in [0.29, 0.717) is 0 Å². The van der Waals surface area contributed by atoms with Gasteiger partial charge in [-0.3, -0.25) is 4.79 Å². The molecule has 0 bridgehead atoms. The number of carbonyl (C=O) groups excluding carboxylic acids is 1. The van der Waals surface area contributed by atoms with Crippen LogP contribution in [0.3, 0.4) is 0 Å². The Hall–Kier alpha value is -1.67. The third kappa shape index (κ3) is 6.54. The van der Waals surface area contributed by atoms with Crippen molar-refractivity contribution in [3.63, 3.8) is 0 Å². The van der Waals surface area contributed by atoms with Crippen LogP contribution in [-0.4, -0.2) is 31.8 Å². The number of methoxy groups -OCH3 is 1. The van der Waals surface area contributed by atoms with E-state index in [2.05, 4.69) is 10.1 Å². The largest absolute Gasteiger partial charge is 0.493 e. The molecule has 0 heterocycles. The van der Waals surface area contributed by atoms with Crippen molar-refractivity contribution in [2.75, 3.05) is 19.0 Å². The Kier molecular flexibility index (Phi) is 7.31. The molecule has 0 saturated heterocycles. The SMILES string of the molecule is COc1ccc(NC(=O)[C@H](C)N)cc1OCC(F)(F)F.Cl. The van der Waals surface area contributed by atoms with Crippen LogP contribution in [0.2, 0.25) is 0 Å². The van der Waals surface area contributed by atoms with Gasteiger partial charge >= 0.3 is 6.18 Å². The summed E-state index contributed by atoms with van der Waals surface area (Å²) in [5.74, 6) is -0.447. The summed E-state index contributed by atoms with van der Waals surface area (Å²) < 4.78 is 46.0. The molecule has 1 atom stereocenters. The number of benzene rings is 1. The Morgan fingerprint density at radius 1 is 1.38 bits per heavy atom. The van der Waals surface area contributed by atoms with Crippen LogP contribution in [-0.2, 0) is 4.79 Å². The van der Waals surface area contributed by atoms with Crippen LogP contribution in [0.5, 0.6) is 11.5 Å². The molecule has 1 aromatic rings. The molecule has 9 heteroatoms. The van der Waals surface area contributed by atoms with Gasteiger partial charge in [-0.15, -0.1) is 12.4 Å². The minimum absolute atomic E-state index is 0. The van der Waals surface area contributed by atoms with E-state index in [1.54, 1.807) is 0 Å². The van der Waals surface area contributed by atoms with Gasteiger partial charge in [0.15, 0.2) is 18.1 Å². The van der Waals surface area contributed by atoms with Crippen molar-refractivity contribution in [3.8, 4) is 11.5 Å². The van der Waals surface area contributed by atoms with E-state index in [1.807, 2.05) is 0 Å². The van der Waals surface area contributed by atoms with Crippen molar-refractivity contribution in [1.82, 2.24) is 0 Å². The summed E-state index contributed by atoms with van der Waals surface area (Å²) in [5, 5.41) is 2.45. The van der Waals surface area contributed by atoms with Gasteiger partial charge in [0.2, 0.25) is 5.91 Å². The Morgan fingerprint density at radius 3 is 2.48 bits per heavy atom. The molecule has 1 rings (SSSR count). The number of ether oxygens (including phenoxy) is 2. The van der Waals surface area contributed by atoms with Gasteiger partial charge in [-0.25, -0.2) is 0 Å². The predicted octanol–water partition coefficient (Wildman–Crippen LogP) is 2.34. The molecule has 21 heavy (non-hydrogen) atoms.